The first-order chi connectivity index (χ1) is 12.4. The number of carbonyl (C=O) groups excluding carboxylic acids is 1. The van der Waals surface area contributed by atoms with E-state index in [1.807, 2.05) is 0 Å². The Labute approximate surface area is 148 Å². The molecule has 5 N–H and O–H groups in total. The maximum Gasteiger partial charge on any atom is 0.283 e. The molecule has 1 saturated carbocycles. The molecule has 2 aromatic heterocycles. The first-order valence-electron chi connectivity index (χ1n) is 8.63. The molecule has 1 aliphatic carbocycles. The van der Waals surface area contributed by atoms with E-state index in [1.165, 1.54) is 12.3 Å². The number of pyridine rings is 2. The van der Waals surface area contributed by atoms with E-state index >= 15 is 0 Å². The molecule has 0 saturated heterocycles. The second-order valence-corrected chi connectivity index (χ2v) is 7.17. The molecule has 1 amide bonds. The minimum Gasteiger partial charge on any atom is -0.623 e. The molecule has 4 heterocycles. The molecular formula is C17H18N6O3. The van der Waals surface area contributed by atoms with Gasteiger partial charge in [0, 0.05) is 11.6 Å². The summed E-state index contributed by atoms with van der Waals surface area (Å²) >= 11 is 0. The number of rotatable bonds is 0. The third kappa shape index (κ3) is 1.73. The summed E-state index contributed by atoms with van der Waals surface area (Å²) in [6.45, 7) is 1.72. The van der Waals surface area contributed by atoms with Crippen LogP contribution in [0.15, 0.2) is 17.1 Å². The molecule has 2 aromatic rings. The van der Waals surface area contributed by atoms with Crippen LogP contribution >= 0.6 is 0 Å². The molecule has 134 valence electrons. The van der Waals surface area contributed by atoms with Gasteiger partial charge >= 0.3 is 0 Å². The smallest absolute Gasteiger partial charge is 0.283 e. The monoisotopic (exact) mass is 354 g/mol. The number of quaternary nitrogens is 1. The summed E-state index contributed by atoms with van der Waals surface area (Å²) in [6, 6.07) is 1.54. The number of nitrogens with zero attached hydrogens (tertiary/aromatic N) is 2. The molecule has 0 bridgehead atoms. The van der Waals surface area contributed by atoms with Gasteiger partial charge in [-0.1, -0.05) is 0 Å². The fraction of sp³-hybridized carbons (Fsp3) is 0.353. The van der Waals surface area contributed by atoms with E-state index in [-0.39, 0.29) is 39.4 Å². The third-order valence-corrected chi connectivity index (χ3v) is 5.70. The fourth-order valence-corrected chi connectivity index (χ4v) is 4.53. The summed E-state index contributed by atoms with van der Waals surface area (Å²) in [5.74, 6) is -0.0343. The van der Waals surface area contributed by atoms with Crippen LogP contribution in [0.25, 0.3) is 0 Å². The number of hydrogen-bond donors (Lipinski definition) is 4. The Morgan fingerprint density at radius 1 is 1.35 bits per heavy atom. The van der Waals surface area contributed by atoms with Gasteiger partial charge in [-0.05, 0) is 32.6 Å². The van der Waals surface area contributed by atoms with Crippen LogP contribution in [0.4, 0.5) is 28.6 Å². The van der Waals surface area contributed by atoms with Crippen LogP contribution in [0.1, 0.15) is 41.7 Å². The van der Waals surface area contributed by atoms with Gasteiger partial charge in [0.25, 0.3) is 11.5 Å². The van der Waals surface area contributed by atoms with Gasteiger partial charge in [0.1, 0.15) is 22.9 Å². The highest BCUT2D eigenvalue weighted by Gasteiger charge is 2.48. The Bertz CT molecular complexity index is 1040. The van der Waals surface area contributed by atoms with Crippen molar-refractivity contribution in [2.45, 2.75) is 38.3 Å². The molecule has 9 heteroatoms. The first-order valence-corrected chi connectivity index (χ1v) is 8.63. The predicted octanol–water partition coefficient (Wildman–Crippen LogP) is 0.507. The Morgan fingerprint density at radius 3 is 2.81 bits per heavy atom. The van der Waals surface area contributed by atoms with Crippen molar-refractivity contribution < 1.29 is 9.86 Å². The van der Waals surface area contributed by atoms with Crippen LogP contribution in [-0.4, -0.2) is 15.5 Å². The normalized spacial score (nSPS) is 21.8. The van der Waals surface area contributed by atoms with E-state index < -0.39 is 5.66 Å². The Kier molecular flexibility index (Phi) is 2.85. The van der Waals surface area contributed by atoms with E-state index in [0.717, 1.165) is 12.8 Å². The minimum atomic E-state index is -0.675. The number of fused-ring (bicyclic) bond motifs is 4. The lowest BCUT2D eigenvalue weighted by Crippen LogP contribution is -2.97. The van der Waals surface area contributed by atoms with Crippen molar-refractivity contribution in [3.8, 4) is 0 Å². The summed E-state index contributed by atoms with van der Waals surface area (Å²) in [5.41, 5.74) is 6.75. The highest BCUT2D eigenvalue weighted by Crippen LogP contribution is 2.42. The number of anilines is 3. The van der Waals surface area contributed by atoms with E-state index in [2.05, 4.69) is 15.6 Å². The van der Waals surface area contributed by atoms with Gasteiger partial charge in [-0.2, -0.15) is 0 Å². The van der Waals surface area contributed by atoms with Gasteiger partial charge in [-0.15, -0.1) is 0 Å². The average molecular weight is 354 g/mol. The Hall–Kier alpha value is -2.91. The summed E-state index contributed by atoms with van der Waals surface area (Å²) in [6.07, 6.45) is 4.71. The largest absolute Gasteiger partial charge is 0.623 e. The van der Waals surface area contributed by atoms with Crippen LogP contribution in [0.3, 0.4) is 0 Å². The zero-order valence-electron chi connectivity index (χ0n) is 14.2. The van der Waals surface area contributed by atoms with Crippen molar-refractivity contribution >= 4 is 34.5 Å². The number of nitrogens with one attached hydrogen (secondary N) is 3. The molecule has 2 aliphatic heterocycles. The van der Waals surface area contributed by atoms with Crippen LogP contribution < -0.4 is 27.0 Å². The number of amides is 1. The zero-order chi connectivity index (χ0) is 18.2. The summed E-state index contributed by atoms with van der Waals surface area (Å²) in [4.78, 5) is 29.9. The van der Waals surface area contributed by atoms with Crippen molar-refractivity contribution in [3.63, 3.8) is 0 Å². The van der Waals surface area contributed by atoms with Gasteiger partial charge in [0.2, 0.25) is 0 Å². The SMILES string of the molecule is Cc1c2c(c(=O)n3c1C(=O)NC31CCCC1)Nc1cc(N)ncc1[NH+]2[O-]. The number of aromatic nitrogens is 2. The summed E-state index contributed by atoms with van der Waals surface area (Å²) in [7, 11) is 0. The molecule has 5 rings (SSSR count). The second kappa shape index (κ2) is 4.83. The van der Waals surface area contributed by atoms with Gasteiger partial charge in [0.05, 0.1) is 6.20 Å². The van der Waals surface area contributed by atoms with Crippen LogP contribution in [0, 0.1) is 12.1 Å². The lowest BCUT2D eigenvalue weighted by Gasteiger charge is -2.33. The molecule has 1 spiro atoms. The zero-order valence-corrected chi connectivity index (χ0v) is 14.2. The van der Waals surface area contributed by atoms with E-state index in [1.54, 1.807) is 11.5 Å². The van der Waals surface area contributed by atoms with Gasteiger partial charge in [0.15, 0.2) is 17.1 Å². The predicted molar refractivity (Wildman–Crippen MR) is 94.9 cm³/mol. The van der Waals surface area contributed by atoms with Crippen LogP contribution in [-0.2, 0) is 5.66 Å². The molecule has 9 nitrogen and oxygen atoms in total. The molecule has 1 fully saturated rings. The fourth-order valence-electron chi connectivity index (χ4n) is 4.53. The standard InChI is InChI=1S/C17H18N6O3/c1-8-13-12(20-9-6-11(18)19-7-10(9)23(13)26)16(25)22-14(8)15(24)21-17(22)4-2-3-5-17/h6-7,20,23H,2-5H2,1H3,(H2,18,19)(H,21,24). The van der Waals surface area contributed by atoms with Crippen molar-refractivity contribution in [1.82, 2.24) is 14.9 Å². The summed E-state index contributed by atoms with van der Waals surface area (Å²) < 4.78 is 1.56. The van der Waals surface area contributed by atoms with Crippen molar-refractivity contribution in [1.29, 1.82) is 0 Å². The highest BCUT2D eigenvalue weighted by atomic mass is 16.5. The maximum absolute atomic E-state index is 13.3. The molecular weight excluding hydrogens is 336 g/mol. The molecule has 1 unspecified atom stereocenters. The number of nitrogen functional groups attached to an aromatic ring is 1. The van der Waals surface area contributed by atoms with Crippen molar-refractivity contribution in [2.75, 3.05) is 11.1 Å². The van der Waals surface area contributed by atoms with E-state index in [9.17, 15) is 14.8 Å². The average Bonchev–Trinajstić information content (AvgIpc) is 3.17. The van der Waals surface area contributed by atoms with Crippen LogP contribution in [0.5, 0.6) is 0 Å². The summed E-state index contributed by atoms with van der Waals surface area (Å²) in [5, 5.41) is 18.7. The number of carbonyl (C=O) groups is 1. The molecule has 26 heavy (non-hydrogen) atoms. The van der Waals surface area contributed by atoms with Crippen molar-refractivity contribution in [2.24, 2.45) is 0 Å². The van der Waals surface area contributed by atoms with Gasteiger partial charge in [-0.25, -0.2) is 4.98 Å². The minimum absolute atomic E-state index is 0.206. The topological polar surface area (TPSA) is 130 Å². The van der Waals surface area contributed by atoms with E-state index in [4.69, 9.17) is 5.73 Å². The van der Waals surface area contributed by atoms with Gasteiger partial charge < -0.3 is 26.6 Å². The lowest BCUT2D eigenvalue weighted by atomic mass is 10.1. The molecule has 1 atom stereocenters. The molecule has 0 radical (unpaired) electrons. The quantitative estimate of drug-likeness (QED) is 0.510. The van der Waals surface area contributed by atoms with Crippen LogP contribution in [0.2, 0.25) is 0 Å². The van der Waals surface area contributed by atoms with E-state index in [0.29, 0.717) is 29.8 Å². The molecule has 3 aliphatic rings. The number of hydrogen-bond acceptors (Lipinski definition) is 6. The lowest BCUT2D eigenvalue weighted by molar-refractivity contribution is -0.698. The first kappa shape index (κ1) is 15.4. The molecule has 0 aromatic carbocycles. The van der Waals surface area contributed by atoms with Gasteiger partial charge in [-0.3, -0.25) is 14.2 Å². The Balaban J connectivity index is 1.81. The maximum atomic E-state index is 13.3. The number of nitrogens with two attached hydrogens (primary N) is 1. The third-order valence-electron chi connectivity index (χ3n) is 5.70. The Morgan fingerprint density at radius 2 is 2.08 bits per heavy atom. The van der Waals surface area contributed by atoms with Crippen molar-refractivity contribution in [3.05, 3.63) is 39.1 Å². The highest BCUT2D eigenvalue weighted by molar-refractivity contribution is 5.99. The second-order valence-electron chi connectivity index (χ2n) is 7.17.